The molecule has 5 aromatic rings. The van der Waals surface area contributed by atoms with Crippen molar-refractivity contribution in [3.63, 3.8) is 0 Å². The van der Waals surface area contributed by atoms with Gasteiger partial charge in [0.05, 0.1) is 16.2 Å². The van der Waals surface area contributed by atoms with Crippen LogP contribution in [0.2, 0.25) is 5.02 Å². The Morgan fingerprint density at radius 3 is 2.63 bits per heavy atom. The lowest BCUT2D eigenvalue weighted by atomic mass is 10.1. The van der Waals surface area contributed by atoms with Gasteiger partial charge in [-0.25, -0.2) is 0 Å². The molecule has 0 spiro atoms. The number of halogens is 1. The molecule has 1 amide bonds. The van der Waals surface area contributed by atoms with E-state index in [9.17, 15) is 4.79 Å². The Morgan fingerprint density at radius 1 is 0.889 bits per heavy atom. The Bertz CT molecular complexity index is 1340. The second-order valence-corrected chi connectivity index (χ2v) is 7.64. The predicted octanol–water partition coefficient (Wildman–Crippen LogP) is 6.51. The van der Waals surface area contributed by atoms with E-state index in [1.165, 1.54) is 11.3 Å². The highest BCUT2D eigenvalue weighted by atomic mass is 35.5. The molecular formula is C22H13ClN2OS. The molecule has 0 radical (unpaired) electrons. The third-order valence-corrected chi connectivity index (χ3v) is 6.35. The number of fused-ring (bicyclic) bond motifs is 4. The highest BCUT2D eigenvalue weighted by Gasteiger charge is 2.19. The fourth-order valence-electron chi connectivity index (χ4n) is 3.33. The molecule has 0 bridgehead atoms. The highest BCUT2D eigenvalue weighted by Crippen LogP contribution is 2.40. The van der Waals surface area contributed by atoms with Gasteiger partial charge in [0, 0.05) is 21.7 Å². The molecule has 0 saturated carbocycles. The van der Waals surface area contributed by atoms with Gasteiger partial charge in [-0.15, -0.1) is 11.3 Å². The summed E-state index contributed by atoms with van der Waals surface area (Å²) in [7, 11) is 0. The summed E-state index contributed by atoms with van der Waals surface area (Å²) in [5.41, 5.74) is 1.44. The maximum Gasteiger partial charge on any atom is 0.267 e. The number of para-hydroxylation sites is 1. The number of nitrogens with one attached hydrogen (secondary N) is 1. The molecule has 2 aromatic heterocycles. The van der Waals surface area contributed by atoms with Crippen LogP contribution in [0.3, 0.4) is 0 Å². The summed E-state index contributed by atoms with van der Waals surface area (Å²) < 4.78 is 1.03. The van der Waals surface area contributed by atoms with Crippen LogP contribution < -0.4 is 5.32 Å². The summed E-state index contributed by atoms with van der Waals surface area (Å²) in [6.07, 6.45) is 1.72. The number of rotatable bonds is 2. The Morgan fingerprint density at radius 2 is 1.70 bits per heavy atom. The maximum absolute atomic E-state index is 13.0. The average molecular weight is 389 g/mol. The van der Waals surface area contributed by atoms with Crippen molar-refractivity contribution in [2.45, 2.75) is 0 Å². The lowest BCUT2D eigenvalue weighted by molar-refractivity contribution is 0.103. The summed E-state index contributed by atoms with van der Waals surface area (Å²) in [5, 5.41) is 7.58. The van der Waals surface area contributed by atoms with Crippen molar-refractivity contribution in [3.8, 4) is 0 Å². The predicted molar refractivity (Wildman–Crippen MR) is 114 cm³/mol. The first-order valence-electron chi connectivity index (χ1n) is 8.47. The molecule has 0 saturated heterocycles. The number of benzene rings is 3. The standard InChI is InChI=1S/C22H13ClN2OS/c23-18-16-11-10-13-5-1-2-8-15(13)20(16)27-21(18)22(26)25-17-9-3-6-14-7-4-12-24-19(14)17/h1-12H,(H,25,26). The van der Waals surface area contributed by atoms with E-state index >= 15 is 0 Å². The third-order valence-electron chi connectivity index (χ3n) is 4.61. The molecular weight excluding hydrogens is 376 g/mol. The van der Waals surface area contributed by atoms with Gasteiger partial charge in [-0.3, -0.25) is 9.78 Å². The largest absolute Gasteiger partial charge is 0.319 e. The van der Waals surface area contributed by atoms with Gasteiger partial charge in [0.1, 0.15) is 4.88 Å². The smallest absolute Gasteiger partial charge is 0.267 e. The Labute approximate surface area is 164 Å². The molecule has 0 fully saturated rings. The van der Waals surface area contributed by atoms with Gasteiger partial charge in [0.2, 0.25) is 0 Å². The van der Waals surface area contributed by atoms with Crippen LogP contribution in [0.1, 0.15) is 9.67 Å². The van der Waals surface area contributed by atoms with Crippen LogP contribution in [0.5, 0.6) is 0 Å². The fraction of sp³-hybridized carbons (Fsp3) is 0. The van der Waals surface area contributed by atoms with Gasteiger partial charge < -0.3 is 5.32 Å². The number of carbonyl (C=O) groups is 1. The van der Waals surface area contributed by atoms with E-state index < -0.39 is 0 Å². The van der Waals surface area contributed by atoms with Gasteiger partial charge in [0.15, 0.2) is 0 Å². The lowest BCUT2D eigenvalue weighted by Crippen LogP contribution is -2.11. The molecule has 3 aromatic carbocycles. The summed E-state index contributed by atoms with van der Waals surface area (Å²) in [6, 6.07) is 21.7. The van der Waals surface area contributed by atoms with Crippen LogP contribution in [0, 0.1) is 0 Å². The van der Waals surface area contributed by atoms with Gasteiger partial charge >= 0.3 is 0 Å². The molecule has 27 heavy (non-hydrogen) atoms. The molecule has 130 valence electrons. The Kier molecular flexibility index (Phi) is 3.81. The van der Waals surface area contributed by atoms with E-state index in [2.05, 4.69) is 22.4 Å². The van der Waals surface area contributed by atoms with Crippen molar-refractivity contribution in [2.75, 3.05) is 5.32 Å². The highest BCUT2D eigenvalue weighted by molar-refractivity contribution is 7.22. The zero-order valence-electron chi connectivity index (χ0n) is 14.1. The second kappa shape index (κ2) is 6.34. The number of amides is 1. The number of aromatic nitrogens is 1. The number of thiophene rings is 1. The minimum absolute atomic E-state index is 0.219. The van der Waals surface area contributed by atoms with E-state index in [4.69, 9.17) is 11.6 Å². The van der Waals surface area contributed by atoms with Gasteiger partial charge in [-0.2, -0.15) is 0 Å². The van der Waals surface area contributed by atoms with E-state index in [1.807, 2.05) is 54.6 Å². The van der Waals surface area contributed by atoms with E-state index in [1.54, 1.807) is 6.20 Å². The van der Waals surface area contributed by atoms with Crippen LogP contribution in [0.15, 0.2) is 72.9 Å². The van der Waals surface area contributed by atoms with Crippen LogP contribution >= 0.6 is 22.9 Å². The van der Waals surface area contributed by atoms with Crippen molar-refractivity contribution in [3.05, 3.63) is 82.8 Å². The van der Waals surface area contributed by atoms with Crippen molar-refractivity contribution in [2.24, 2.45) is 0 Å². The van der Waals surface area contributed by atoms with Gasteiger partial charge in [0.25, 0.3) is 5.91 Å². The normalized spacial score (nSPS) is 11.3. The second-order valence-electron chi connectivity index (χ2n) is 6.24. The molecule has 0 atom stereocenters. The molecule has 0 aliphatic carbocycles. The molecule has 0 aliphatic heterocycles. The molecule has 3 nitrogen and oxygen atoms in total. The summed E-state index contributed by atoms with van der Waals surface area (Å²) in [6.45, 7) is 0. The number of anilines is 1. The van der Waals surface area contributed by atoms with E-state index in [0.29, 0.717) is 15.6 Å². The van der Waals surface area contributed by atoms with Crippen molar-refractivity contribution in [1.29, 1.82) is 0 Å². The number of hydrogen-bond acceptors (Lipinski definition) is 3. The molecule has 0 aliphatic rings. The fourth-order valence-corrected chi connectivity index (χ4v) is 4.86. The molecule has 5 rings (SSSR count). The van der Waals surface area contributed by atoms with Crippen LogP contribution in [-0.4, -0.2) is 10.9 Å². The average Bonchev–Trinajstić information content (AvgIpc) is 3.05. The Balaban J connectivity index is 1.61. The number of pyridine rings is 1. The van der Waals surface area contributed by atoms with Gasteiger partial charge in [-0.05, 0) is 22.9 Å². The molecule has 0 unspecified atom stereocenters. The first-order chi connectivity index (χ1) is 13.2. The topological polar surface area (TPSA) is 42.0 Å². The third kappa shape index (κ3) is 2.65. The number of nitrogens with zero attached hydrogens (tertiary/aromatic N) is 1. The van der Waals surface area contributed by atoms with Gasteiger partial charge in [-0.1, -0.05) is 66.2 Å². The zero-order chi connectivity index (χ0) is 18.4. The van der Waals surface area contributed by atoms with Crippen molar-refractivity contribution >= 4 is 66.3 Å². The summed E-state index contributed by atoms with van der Waals surface area (Å²) in [4.78, 5) is 17.9. The Hall–Kier alpha value is -2.95. The van der Waals surface area contributed by atoms with Crippen molar-refractivity contribution in [1.82, 2.24) is 4.98 Å². The molecule has 5 heteroatoms. The minimum atomic E-state index is -0.219. The first-order valence-corrected chi connectivity index (χ1v) is 9.67. The van der Waals surface area contributed by atoms with E-state index in [0.717, 1.165) is 31.8 Å². The minimum Gasteiger partial charge on any atom is -0.319 e. The quantitative estimate of drug-likeness (QED) is 0.374. The maximum atomic E-state index is 13.0. The van der Waals surface area contributed by atoms with E-state index in [-0.39, 0.29) is 5.91 Å². The molecule has 2 heterocycles. The van der Waals surface area contributed by atoms with Crippen LogP contribution in [-0.2, 0) is 0 Å². The molecule has 1 N–H and O–H groups in total. The SMILES string of the molecule is O=C(Nc1cccc2cccnc12)c1sc2c(ccc3ccccc32)c1Cl. The van der Waals surface area contributed by atoms with Crippen molar-refractivity contribution < 1.29 is 4.79 Å². The van der Waals surface area contributed by atoms with Crippen LogP contribution in [0.4, 0.5) is 5.69 Å². The monoisotopic (exact) mass is 388 g/mol. The first kappa shape index (κ1) is 16.2. The lowest BCUT2D eigenvalue weighted by Gasteiger charge is -2.07. The zero-order valence-corrected chi connectivity index (χ0v) is 15.6. The summed E-state index contributed by atoms with van der Waals surface area (Å²) in [5.74, 6) is -0.219. The van der Waals surface area contributed by atoms with Crippen LogP contribution in [0.25, 0.3) is 31.8 Å². The summed E-state index contributed by atoms with van der Waals surface area (Å²) >= 11 is 7.99. The number of hydrogen-bond donors (Lipinski definition) is 1. The number of carbonyl (C=O) groups excluding carboxylic acids is 1.